The summed E-state index contributed by atoms with van der Waals surface area (Å²) in [6, 6.07) is 9.02. The number of nitrogens with one attached hydrogen (secondary N) is 2. The number of benzene rings is 1. The Bertz CT molecular complexity index is 1400. The van der Waals surface area contributed by atoms with Crippen molar-refractivity contribution < 1.29 is 14.0 Å². The molecular formula is C26H29N5O3. The molecule has 0 atom stereocenters. The van der Waals surface area contributed by atoms with Crippen LogP contribution in [0.4, 0.5) is 5.69 Å². The number of hydrogen-bond acceptors (Lipinski definition) is 5. The van der Waals surface area contributed by atoms with Crippen molar-refractivity contribution in [3.05, 3.63) is 64.7 Å². The minimum Gasteiger partial charge on any atom is -0.466 e. The Morgan fingerprint density at radius 1 is 1.09 bits per heavy atom. The zero-order chi connectivity index (χ0) is 24.6. The van der Waals surface area contributed by atoms with E-state index in [0.29, 0.717) is 40.1 Å². The monoisotopic (exact) mass is 459 g/mol. The minimum atomic E-state index is -0.300. The van der Waals surface area contributed by atoms with Crippen molar-refractivity contribution in [2.75, 3.05) is 11.9 Å². The minimum absolute atomic E-state index is 0.0688. The average molecular weight is 460 g/mol. The standard InChI is InChI=1S/C26H29N5O3/c1-7-27-25(32)18-9-8-15(4)22(11-18)30-26(33)20-12-23(19-10-16(5)34-17(19)6)29-24-21(20)13-28-31(24)14(2)3/h8-14H,7H2,1-6H3,(H,27,32)(H,30,33). The number of rotatable bonds is 6. The van der Waals surface area contributed by atoms with Crippen LogP contribution in [0.5, 0.6) is 0 Å². The van der Waals surface area contributed by atoms with Gasteiger partial charge in [0.15, 0.2) is 5.65 Å². The first kappa shape index (κ1) is 23.2. The number of carbonyl (C=O) groups excluding carboxylic acids is 2. The van der Waals surface area contributed by atoms with Gasteiger partial charge in [-0.1, -0.05) is 6.07 Å². The maximum atomic E-state index is 13.5. The third kappa shape index (κ3) is 4.31. The molecule has 3 heterocycles. The molecule has 0 saturated carbocycles. The maximum Gasteiger partial charge on any atom is 0.256 e. The van der Waals surface area contributed by atoms with Crippen molar-refractivity contribution in [1.29, 1.82) is 0 Å². The highest BCUT2D eigenvalue weighted by atomic mass is 16.3. The fraction of sp³-hybridized carbons (Fsp3) is 0.308. The summed E-state index contributed by atoms with van der Waals surface area (Å²) >= 11 is 0. The normalized spacial score (nSPS) is 11.3. The summed E-state index contributed by atoms with van der Waals surface area (Å²) in [6.45, 7) is 12.1. The smallest absolute Gasteiger partial charge is 0.256 e. The van der Waals surface area contributed by atoms with Gasteiger partial charge in [-0.25, -0.2) is 9.67 Å². The number of carbonyl (C=O) groups is 2. The molecule has 4 rings (SSSR count). The summed E-state index contributed by atoms with van der Waals surface area (Å²) in [7, 11) is 0. The molecule has 0 aliphatic carbocycles. The number of anilines is 1. The molecular weight excluding hydrogens is 430 g/mol. The Hall–Kier alpha value is -3.94. The van der Waals surface area contributed by atoms with Crippen molar-refractivity contribution in [3.8, 4) is 11.3 Å². The van der Waals surface area contributed by atoms with E-state index in [2.05, 4.69) is 15.7 Å². The van der Waals surface area contributed by atoms with Gasteiger partial charge in [0.25, 0.3) is 11.8 Å². The van der Waals surface area contributed by atoms with Gasteiger partial charge in [-0.3, -0.25) is 9.59 Å². The van der Waals surface area contributed by atoms with E-state index >= 15 is 0 Å². The summed E-state index contributed by atoms with van der Waals surface area (Å²) in [4.78, 5) is 30.7. The Morgan fingerprint density at radius 3 is 2.50 bits per heavy atom. The van der Waals surface area contributed by atoms with Crippen molar-refractivity contribution in [2.45, 2.75) is 47.6 Å². The van der Waals surface area contributed by atoms with Gasteiger partial charge in [-0.15, -0.1) is 0 Å². The van der Waals surface area contributed by atoms with Crippen LogP contribution in [0.25, 0.3) is 22.3 Å². The van der Waals surface area contributed by atoms with Crippen molar-refractivity contribution in [2.24, 2.45) is 0 Å². The van der Waals surface area contributed by atoms with Crippen LogP contribution < -0.4 is 10.6 Å². The zero-order valence-electron chi connectivity index (χ0n) is 20.3. The molecule has 3 aromatic heterocycles. The second-order valence-corrected chi connectivity index (χ2v) is 8.65. The van der Waals surface area contributed by atoms with E-state index in [1.54, 1.807) is 29.1 Å². The van der Waals surface area contributed by atoms with Crippen LogP contribution in [0.2, 0.25) is 0 Å². The van der Waals surface area contributed by atoms with Crippen LogP contribution in [-0.2, 0) is 0 Å². The highest BCUT2D eigenvalue weighted by Crippen LogP contribution is 2.30. The number of aromatic nitrogens is 3. The molecule has 0 aliphatic rings. The highest BCUT2D eigenvalue weighted by Gasteiger charge is 2.21. The van der Waals surface area contributed by atoms with Gasteiger partial charge in [0.1, 0.15) is 11.5 Å². The lowest BCUT2D eigenvalue weighted by atomic mass is 10.1. The van der Waals surface area contributed by atoms with Gasteiger partial charge in [0.2, 0.25) is 0 Å². The van der Waals surface area contributed by atoms with Gasteiger partial charge in [0.05, 0.1) is 22.8 Å². The topological polar surface area (TPSA) is 102 Å². The van der Waals surface area contributed by atoms with Crippen molar-refractivity contribution in [1.82, 2.24) is 20.1 Å². The van der Waals surface area contributed by atoms with Crippen LogP contribution >= 0.6 is 0 Å². The van der Waals surface area contributed by atoms with E-state index in [4.69, 9.17) is 9.40 Å². The molecule has 1 aromatic carbocycles. The van der Waals surface area contributed by atoms with Crippen LogP contribution in [0, 0.1) is 20.8 Å². The van der Waals surface area contributed by atoms with Gasteiger partial charge >= 0.3 is 0 Å². The lowest BCUT2D eigenvalue weighted by Crippen LogP contribution is -2.23. The van der Waals surface area contributed by atoms with E-state index in [9.17, 15) is 9.59 Å². The summed E-state index contributed by atoms with van der Waals surface area (Å²) in [5, 5.41) is 10.9. The highest BCUT2D eigenvalue weighted by molar-refractivity contribution is 6.13. The fourth-order valence-electron chi connectivity index (χ4n) is 3.96. The van der Waals surface area contributed by atoms with E-state index in [1.807, 2.05) is 53.7 Å². The fourth-order valence-corrected chi connectivity index (χ4v) is 3.96. The average Bonchev–Trinajstić information content (AvgIpc) is 3.37. The molecule has 8 heteroatoms. The maximum absolute atomic E-state index is 13.5. The first-order valence-corrected chi connectivity index (χ1v) is 11.4. The molecule has 176 valence electrons. The lowest BCUT2D eigenvalue weighted by molar-refractivity contribution is 0.0954. The van der Waals surface area contributed by atoms with Crippen LogP contribution in [0.3, 0.4) is 0 Å². The summed E-state index contributed by atoms with van der Waals surface area (Å²) in [6.07, 6.45) is 1.67. The second kappa shape index (κ2) is 9.13. The molecule has 0 radical (unpaired) electrons. The third-order valence-electron chi connectivity index (χ3n) is 5.70. The summed E-state index contributed by atoms with van der Waals surface area (Å²) in [5.74, 6) is 1.02. The first-order chi connectivity index (χ1) is 16.2. The number of hydrogen-bond donors (Lipinski definition) is 2. The summed E-state index contributed by atoms with van der Waals surface area (Å²) < 4.78 is 7.51. The zero-order valence-corrected chi connectivity index (χ0v) is 20.3. The summed E-state index contributed by atoms with van der Waals surface area (Å²) in [5.41, 5.74) is 4.47. The number of nitrogens with zero attached hydrogens (tertiary/aromatic N) is 3. The largest absolute Gasteiger partial charge is 0.466 e. The van der Waals surface area contributed by atoms with Crippen molar-refractivity contribution in [3.63, 3.8) is 0 Å². The molecule has 2 amide bonds. The molecule has 4 aromatic rings. The number of fused-ring (bicyclic) bond motifs is 1. The molecule has 0 aliphatic heterocycles. The second-order valence-electron chi connectivity index (χ2n) is 8.65. The molecule has 34 heavy (non-hydrogen) atoms. The quantitative estimate of drug-likeness (QED) is 0.413. The van der Waals surface area contributed by atoms with Crippen molar-refractivity contribution >= 4 is 28.5 Å². The third-order valence-corrected chi connectivity index (χ3v) is 5.70. The molecule has 0 bridgehead atoms. The molecule has 0 unspecified atom stereocenters. The van der Waals surface area contributed by atoms with Gasteiger partial charge in [-0.05, 0) is 71.4 Å². The van der Waals surface area contributed by atoms with Crippen LogP contribution in [0.1, 0.15) is 64.6 Å². The van der Waals surface area contributed by atoms with Crippen LogP contribution in [-0.4, -0.2) is 33.1 Å². The predicted octanol–water partition coefficient (Wildman–Crippen LogP) is 5.20. The number of furan rings is 1. The van der Waals surface area contributed by atoms with Gasteiger partial charge < -0.3 is 15.1 Å². The molecule has 2 N–H and O–H groups in total. The number of aryl methyl sites for hydroxylation is 3. The SMILES string of the molecule is CCNC(=O)c1ccc(C)c(NC(=O)c2cc(-c3cc(C)oc3C)nc3c2cnn3C(C)C)c1. The predicted molar refractivity (Wildman–Crippen MR) is 132 cm³/mol. The van der Waals surface area contributed by atoms with E-state index in [0.717, 1.165) is 22.6 Å². The van der Waals surface area contributed by atoms with Crippen LogP contribution in [0.15, 0.2) is 40.9 Å². The molecule has 0 saturated heterocycles. The van der Waals surface area contributed by atoms with E-state index < -0.39 is 0 Å². The Kier molecular flexibility index (Phi) is 6.24. The van der Waals surface area contributed by atoms with Gasteiger partial charge in [-0.2, -0.15) is 5.10 Å². The Morgan fingerprint density at radius 2 is 1.85 bits per heavy atom. The van der Waals surface area contributed by atoms with E-state index in [-0.39, 0.29) is 17.9 Å². The lowest BCUT2D eigenvalue weighted by Gasteiger charge is -2.13. The Balaban J connectivity index is 1.81. The molecule has 0 fully saturated rings. The molecule has 8 nitrogen and oxygen atoms in total. The number of amides is 2. The Labute approximate surface area is 198 Å². The molecule has 0 spiro atoms. The number of pyridine rings is 1. The van der Waals surface area contributed by atoms with E-state index in [1.165, 1.54) is 0 Å². The first-order valence-electron chi connectivity index (χ1n) is 11.4. The van der Waals surface area contributed by atoms with Gasteiger partial charge in [0, 0.05) is 29.4 Å².